The van der Waals surface area contributed by atoms with Crippen molar-refractivity contribution in [3.63, 3.8) is 0 Å². The van der Waals surface area contributed by atoms with Gasteiger partial charge in [-0.3, -0.25) is 9.69 Å². The summed E-state index contributed by atoms with van der Waals surface area (Å²) >= 11 is 2.07. The molecule has 0 bridgehead atoms. The largest absolute Gasteiger partial charge is 0.341 e. The van der Waals surface area contributed by atoms with Gasteiger partial charge >= 0.3 is 0 Å². The van der Waals surface area contributed by atoms with Gasteiger partial charge in [0.2, 0.25) is 5.91 Å². The number of carbonyl (C=O) groups excluding carboxylic acids is 1. The van der Waals surface area contributed by atoms with Crippen LogP contribution in [-0.2, 0) is 11.2 Å². The first-order chi connectivity index (χ1) is 12.3. The molecule has 2 aromatic rings. The summed E-state index contributed by atoms with van der Waals surface area (Å²) < 4.78 is 0. The highest BCUT2D eigenvalue weighted by Crippen LogP contribution is 2.24. The minimum Gasteiger partial charge on any atom is -0.341 e. The molecular weight excluding hydrogens is 328 g/mol. The van der Waals surface area contributed by atoms with Crippen LogP contribution in [0.15, 0.2) is 42.5 Å². The van der Waals surface area contributed by atoms with Crippen LogP contribution in [0.5, 0.6) is 0 Å². The summed E-state index contributed by atoms with van der Waals surface area (Å²) in [6.45, 7) is 3.96. The van der Waals surface area contributed by atoms with Gasteiger partial charge in [0.15, 0.2) is 0 Å². The van der Waals surface area contributed by atoms with Gasteiger partial charge < -0.3 is 4.90 Å². The first kappa shape index (κ1) is 16.9. The summed E-state index contributed by atoms with van der Waals surface area (Å²) in [4.78, 5) is 17.6. The first-order valence-corrected chi connectivity index (χ1v) is 10.5. The topological polar surface area (TPSA) is 23.6 Å². The van der Waals surface area contributed by atoms with E-state index < -0.39 is 0 Å². The average Bonchev–Trinajstić information content (AvgIpc) is 3.06. The second-order valence-electron chi connectivity index (χ2n) is 7.10. The second kappa shape index (κ2) is 7.79. The number of benzene rings is 2. The van der Waals surface area contributed by atoms with Crippen molar-refractivity contribution >= 4 is 28.4 Å². The SMILES string of the molecule is O=C(Cc1cccc2ccccc12)N1CCCN(C2CCSC2)CC1. The normalized spacial score (nSPS) is 22.2. The van der Waals surface area contributed by atoms with Gasteiger partial charge in [-0.25, -0.2) is 0 Å². The van der Waals surface area contributed by atoms with Crippen molar-refractivity contribution in [2.24, 2.45) is 0 Å². The van der Waals surface area contributed by atoms with Crippen molar-refractivity contribution in [2.45, 2.75) is 25.3 Å². The van der Waals surface area contributed by atoms with Gasteiger partial charge in [-0.2, -0.15) is 11.8 Å². The maximum Gasteiger partial charge on any atom is 0.227 e. The molecule has 0 aromatic heterocycles. The van der Waals surface area contributed by atoms with Gasteiger partial charge in [0, 0.05) is 38.0 Å². The van der Waals surface area contributed by atoms with Crippen molar-refractivity contribution in [2.75, 3.05) is 37.7 Å². The maximum atomic E-state index is 12.9. The lowest BCUT2D eigenvalue weighted by molar-refractivity contribution is -0.130. The molecule has 2 saturated heterocycles. The lowest BCUT2D eigenvalue weighted by Crippen LogP contribution is -2.40. The van der Waals surface area contributed by atoms with E-state index in [0.717, 1.165) is 44.2 Å². The van der Waals surface area contributed by atoms with Crippen LogP contribution in [-0.4, -0.2) is 59.4 Å². The Morgan fingerprint density at radius 1 is 1.04 bits per heavy atom. The van der Waals surface area contributed by atoms with Crippen LogP contribution in [0, 0.1) is 0 Å². The predicted octanol–water partition coefficient (Wildman–Crippen LogP) is 3.42. The minimum atomic E-state index is 0.277. The fourth-order valence-electron chi connectivity index (χ4n) is 4.08. The van der Waals surface area contributed by atoms with Crippen molar-refractivity contribution in [1.29, 1.82) is 0 Å². The zero-order valence-electron chi connectivity index (χ0n) is 14.7. The van der Waals surface area contributed by atoms with E-state index in [4.69, 9.17) is 0 Å². The summed E-state index contributed by atoms with van der Waals surface area (Å²) in [6, 6.07) is 15.4. The van der Waals surface area contributed by atoms with E-state index >= 15 is 0 Å². The number of carbonyl (C=O) groups is 1. The Hall–Kier alpha value is -1.52. The molecular formula is C21H26N2OS. The molecule has 0 aliphatic carbocycles. The molecule has 0 saturated carbocycles. The maximum absolute atomic E-state index is 12.9. The molecule has 1 amide bonds. The van der Waals surface area contributed by atoms with Crippen molar-refractivity contribution in [1.82, 2.24) is 9.80 Å². The predicted molar refractivity (Wildman–Crippen MR) is 106 cm³/mol. The molecule has 2 aliphatic heterocycles. The third-order valence-corrected chi connectivity index (χ3v) is 6.67. The van der Waals surface area contributed by atoms with Crippen molar-refractivity contribution in [3.8, 4) is 0 Å². The van der Waals surface area contributed by atoms with Crippen LogP contribution in [0.4, 0.5) is 0 Å². The first-order valence-electron chi connectivity index (χ1n) is 9.37. The third-order valence-electron chi connectivity index (χ3n) is 5.53. The summed E-state index contributed by atoms with van der Waals surface area (Å²) in [6.07, 6.45) is 2.93. The number of rotatable bonds is 3. The zero-order chi connectivity index (χ0) is 17.1. The Morgan fingerprint density at radius 2 is 1.92 bits per heavy atom. The molecule has 1 atom stereocenters. The lowest BCUT2D eigenvalue weighted by Gasteiger charge is -2.26. The van der Waals surface area contributed by atoms with Crippen LogP contribution >= 0.6 is 11.8 Å². The Labute approximate surface area is 154 Å². The fourth-order valence-corrected chi connectivity index (χ4v) is 5.34. The van der Waals surface area contributed by atoms with Gasteiger partial charge in [0.25, 0.3) is 0 Å². The van der Waals surface area contributed by atoms with Gasteiger partial charge in [0.1, 0.15) is 0 Å². The van der Waals surface area contributed by atoms with Gasteiger partial charge in [-0.1, -0.05) is 42.5 Å². The Morgan fingerprint density at radius 3 is 2.80 bits per heavy atom. The minimum absolute atomic E-state index is 0.277. The van der Waals surface area contributed by atoms with E-state index in [-0.39, 0.29) is 5.91 Å². The standard InChI is InChI=1S/C21H26N2OS/c24-21(15-18-7-3-6-17-5-1-2-8-20(17)18)23-11-4-10-22(12-13-23)19-9-14-25-16-19/h1-3,5-8,19H,4,9-16H2. The molecule has 0 N–H and O–H groups in total. The Balaban J connectivity index is 1.42. The molecule has 2 heterocycles. The molecule has 3 nitrogen and oxygen atoms in total. The van der Waals surface area contributed by atoms with Crippen LogP contribution in [0.1, 0.15) is 18.4 Å². The number of amides is 1. The molecule has 4 rings (SSSR count). The number of hydrogen-bond donors (Lipinski definition) is 0. The highest BCUT2D eigenvalue weighted by Gasteiger charge is 2.26. The van der Waals surface area contributed by atoms with Crippen molar-refractivity contribution in [3.05, 3.63) is 48.0 Å². The van der Waals surface area contributed by atoms with E-state index in [0.29, 0.717) is 6.42 Å². The summed E-state index contributed by atoms with van der Waals surface area (Å²) in [5, 5.41) is 2.42. The van der Waals surface area contributed by atoms with E-state index in [1.54, 1.807) is 0 Å². The van der Waals surface area contributed by atoms with Gasteiger partial charge in [-0.15, -0.1) is 0 Å². The molecule has 4 heteroatoms. The van der Waals surface area contributed by atoms with E-state index in [9.17, 15) is 4.79 Å². The smallest absolute Gasteiger partial charge is 0.227 e. The van der Waals surface area contributed by atoms with E-state index in [1.807, 2.05) is 0 Å². The molecule has 2 aromatic carbocycles. The number of thioether (sulfide) groups is 1. The van der Waals surface area contributed by atoms with Gasteiger partial charge in [-0.05, 0) is 34.9 Å². The fraction of sp³-hybridized carbons (Fsp3) is 0.476. The molecule has 25 heavy (non-hydrogen) atoms. The van der Waals surface area contributed by atoms with Crippen LogP contribution in [0.25, 0.3) is 10.8 Å². The second-order valence-corrected chi connectivity index (χ2v) is 8.25. The Kier molecular flexibility index (Phi) is 5.28. The molecule has 1 unspecified atom stereocenters. The quantitative estimate of drug-likeness (QED) is 0.844. The monoisotopic (exact) mass is 354 g/mol. The average molecular weight is 355 g/mol. The number of fused-ring (bicyclic) bond motifs is 1. The van der Waals surface area contributed by atoms with E-state index in [1.165, 1.54) is 28.7 Å². The van der Waals surface area contributed by atoms with E-state index in [2.05, 4.69) is 64.0 Å². The summed E-state index contributed by atoms with van der Waals surface area (Å²) in [5.74, 6) is 2.84. The third kappa shape index (κ3) is 3.85. The molecule has 2 fully saturated rings. The number of hydrogen-bond acceptors (Lipinski definition) is 3. The Bertz CT molecular complexity index is 736. The number of nitrogens with zero attached hydrogens (tertiary/aromatic N) is 2. The molecule has 2 aliphatic rings. The van der Waals surface area contributed by atoms with Gasteiger partial charge in [0.05, 0.1) is 6.42 Å². The summed E-state index contributed by atoms with van der Waals surface area (Å²) in [7, 11) is 0. The zero-order valence-corrected chi connectivity index (χ0v) is 15.5. The molecule has 0 radical (unpaired) electrons. The van der Waals surface area contributed by atoms with Crippen molar-refractivity contribution < 1.29 is 4.79 Å². The highest BCUT2D eigenvalue weighted by atomic mass is 32.2. The highest BCUT2D eigenvalue weighted by molar-refractivity contribution is 7.99. The van der Waals surface area contributed by atoms with Crippen LogP contribution in [0.2, 0.25) is 0 Å². The molecule has 0 spiro atoms. The molecule has 132 valence electrons. The summed E-state index contributed by atoms with van der Waals surface area (Å²) in [5.41, 5.74) is 1.15. The van der Waals surface area contributed by atoms with Crippen LogP contribution < -0.4 is 0 Å². The lowest BCUT2D eigenvalue weighted by atomic mass is 10.0. The van der Waals surface area contributed by atoms with Crippen LogP contribution in [0.3, 0.4) is 0 Å².